The topological polar surface area (TPSA) is 57.0 Å². The van der Waals surface area contributed by atoms with Crippen molar-refractivity contribution in [2.24, 2.45) is 0 Å². The lowest BCUT2D eigenvalue weighted by Crippen LogP contribution is -2.27. The molecule has 6 nitrogen and oxygen atoms in total. The standard InChI is InChI=1S/C26H29N3O3/c1-26(2,3)28-25-23(19-13-14-20(30-4)22(16-19)31-5)27-24-21(12-9-15-29(24)25)32-17-18-10-7-6-8-11-18/h6-16,28H,17H2,1-5H3. The van der Waals surface area contributed by atoms with E-state index < -0.39 is 0 Å². The lowest BCUT2D eigenvalue weighted by atomic mass is 10.1. The number of fused-ring (bicyclic) bond motifs is 1. The van der Waals surface area contributed by atoms with Crippen LogP contribution in [0.4, 0.5) is 5.82 Å². The summed E-state index contributed by atoms with van der Waals surface area (Å²) in [6, 6.07) is 19.9. The van der Waals surface area contributed by atoms with Gasteiger partial charge in [-0.05, 0) is 56.7 Å². The summed E-state index contributed by atoms with van der Waals surface area (Å²) in [7, 11) is 3.26. The second-order valence-electron chi connectivity index (χ2n) is 8.59. The summed E-state index contributed by atoms with van der Waals surface area (Å²) in [5, 5.41) is 3.61. The zero-order chi connectivity index (χ0) is 22.7. The maximum absolute atomic E-state index is 6.17. The van der Waals surface area contributed by atoms with Crippen LogP contribution in [0.2, 0.25) is 0 Å². The average Bonchev–Trinajstić information content (AvgIpc) is 3.15. The van der Waals surface area contributed by atoms with Gasteiger partial charge in [0.25, 0.3) is 0 Å². The Morgan fingerprint density at radius 2 is 1.62 bits per heavy atom. The number of imidazole rings is 1. The summed E-state index contributed by atoms with van der Waals surface area (Å²) >= 11 is 0. The summed E-state index contributed by atoms with van der Waals surface area (Å²) in [5.41, 5.74) is 3.43. The number of aromatic nitrogens is 2. The number of hydrogen-bond donors (Lipinski definition) is 1. The highest BCUT2D eigenvalue weighted by molar-refractivity contribution is 5.80. The molecule has 4 aromatic rings. The Morgan fingerprint density at radius 3 is 2.31 bits per heavy atom. The van der Waals surface area contributed by atoms with E-state index in [4.69, 9.17) is 19.2 Å². The largest absolute Gasteiger partial charge is 0.493 e. The van der Waals surface area contributed by atoms with Crippen LogP contribution < -0.4 is 19.5 Å². The van der Waals surface area contributed by atoms with E-state index in [1.54, 1.807) is 14.2 Å². The van der Waals surface area contributed by atoms with Gasteiger partial charge in [0.15, 0.2) is 22.9 Å². The molecule has 0 aliphatic rings. The summed E-state index contributed by atoms with van der Waals surface area (Å²) < 4.78 is 19.1. The van der Waals surface area contributed by atoms with Crippen molar-refractivity contribution in [3.63, 3.8) is 0 Å². The van der Waals surface area contributed by atoms with Crippen LogP contribution in [0, 0.1) is 0 Å². The maximum Gasteiger partial charge on any atom is 0.181 e. The minimum atomic E-state index is -0.165. The smallest absolute Gasteiger partial charge is 0.181 e. The fraction of sp³-hybridized carbons (Fsp3) is 0.269. The first-order valence-corrected chi connectivity index (χ1v) is 10.6. The molecule has 2 aromatic heterocycles. The Morgan fingerprint density at radius 1 is 0.875 bits per heavy atom. The van der Waals surface area contributed by atoms with Gasteiger partial charge < -0.3 is 19.5 Å². The van der Waals surface area contributed by atoms with Crippen molar-refractivity contribution in [3.05, 3.63) is 72.4 Å². The molecule has 1 N–H and O–H groups in total. The van der Waals surface area contributed by atoms with Gasteiger partial charge in [-0.25, -0.2) is 4.98 Å². The molecule has 166 valence electrons. The molecule has 0 atom stereocenters. The number of rotatable bonds is 7. The second-order valence-corrected chi connectivity index (χ2v) is 8.59. The van der Waals surface area contributed by atoms with Crippen LogP contribution in [0.1, 0.15) is 26.3 Å². The number of hydrogen-bond acceptors (Lipinski definition) is 5. The highest BCUT2D eigenvalue weighted by Crippen LogP contribution is 2.38. The number of benzene rings is 2. The molecule has 0 saturated heterocycles. The van der Waals surface area contributed by atoms with Crippen molar-refractivity contribution in [2.45, 2.75) is 32.9 Å². The van der Waals surface area contributed by atoms with E-state index in [-0.39, 0.29) is 5.54 Å². The lowest BCUT2D eigenvalue weighted by molar-refractivity contribution is 0.308. The van der Waals surface area contributed by atoms with Gasteiger partial charge in [-0.15, -0.1) is 0 Å². The van der Waals surface area contributed by atoms with Crippen LogP contribution in [0.25, 0.3) is 16.9 Å². The molecule has 0 spiro atoms. The molecule has 0 fully saturated rings. The van der Waals surface area contributed by atoms with Gasteiger partial charge >= 0.3 is 0 Å². The molecule has 2 aromatic carbocycles. The Bertz CT molecular complexity index is 1210. The summed E-state index contributed by atoms with van der Waals surface area (Å²) in [6.45, 7) is 6.85. The predicted molar refractivity (Wildman–Crippen MR) is 128 cm³/mol. The van der Waals surface area contributed by atoms with Crippen LogP contribution in [0.5, 0.6) is 17.2 Å². The molecule has 0 unspecified atom stereocenters. The quantitative estimate of drug-likeness (QED) is 0.400. The molecule has 0 aliphatic heterocycles. The number of nitrogens with one attached hydrogen (secondary N) is 1. The zero-order valence-electron chi connectivity index (χ0n) is 19.2. The molecular formula is C26H29N3O3. The Hall–Kier alpha value is -3.67. The normalized spacial score (nSPS) is 11.4. The molecule has 32 heavy (non-hydrogen) atoms. The highest BCUT2D eigenvalue weighted by Gasteiger charge is 2.22. The van der Waals surface area contributed by atoms with Crippen molar-refractivity contribution in [1.82, 2.24) is 9.38 Å². The minimum Gasteiger partial charge on any atom is -0.493 e. The number of anilines is 1. The molecule has 0 aliphatic carbocycles. The van der Waals surface area contributed by atoms with Gasteiger partial charge in [0, 0.05) is 17.3 Å². The van der Waals surface area contributed by atoms with Crippen LogP contribution >= 0.6 is 0 Å². The zero-order valence-corrected chi connectivity index (χ0v) is 19.2. The second kappa shape index (κ2) is 8.83. The van der Waals surface area contributed by atoms with Crippen LogP contribution in [-0.4, -0.2) is 29.1 Å². The van der Waals surface area contributed by atoms with Crippen molar-refractivity contribution >= 4 is 11.5 Å². The Kier molecular flexibility index (Phi) is 5.95. The van der Waals surface area contributed by atoms with Crippen LogP contribution in [-0.2, 0) is 6.61 Å². The van der Waals surface area contributed by atoms with E-state index in [0.717, 1.165) is 34.0 Å². The van der Waals surface area contributed by atoms with E-state index in [1.807, 2.05) is 71.3 Å². The van der Waals surface area contributed by atoms with Crippen molar-refractivity contribution in [2.75, 3.05) is 19.5 Å². The van der Waals surface area contributed by atoms with Gasteiger partial charge in [-0.1, -0.05) is 30.3 Å². The Balaban J connectivity index is 1.82. The van der Waals surface area contributed by atoms with E-state index in [2.05, 4.69) is 26.1 Å². The highest BCUT2D eigenvalue weighted by atomic mass is 16.5. The molecule has 2 heterocycles. The van der Waals surface area contributed by atoms with Gasteiger partial charge in [0.1, 0.15) is 18.1 Å². The first kappa shape index (κ1) is 21.6. The monoisotopic (exact) mass is 431 g/mol. The average molecular weight is 432 g/mol. The fourth-order valence-corrected chi connectivity index (χ4v) is 3.55. The third-order valence-electron chi connectivity index (χ3n) is 5.00. The minimum absolute atomic E-state index is 0.165. The van der Waals surface area contributed by atoms with Crippen molar-refractivity contribution < 1.29 is 14.2 Å². The van der Waals surface area contributed by atoms with Crippen molar-refractivity contribution in [1.29, 1.82) is 0 Å². The van der Waals surface area contributed by atoms with Gasteiger partial charge in [0.2, 0.25) is 0 Å². The third-order valence-corrected chi connectivity index (χ3v) is 5.00. The molecule has 4 rings (SSSR count). The first-order chi connectivity index (χ1) is 15.4. The number of pyridine rings is 1. The number of ether oxygens (including phenoxy) is 3. The van der Waals surface area contributed by atoms with Crippen molar-refractivity contribution in [3.8, 4) is 28.5 Å². The number of nitrogens with zero attached hydrogens (tertiary/aromatic N) is 2. The van der Waals surface area contributed by atoms with E-state index in [9.17, 15) is 0 Å². The van der Waals surface area contributed by atoms with E-state index in [1.165, 1.54) is 0 Å². The molecule has 6 heteroatoms. The van der Waals surface area contributed by atoms with Crippen LogP contribution in [0.3, 0.4) is 0 Å². The van der Waals surface area contributed by atoms with Crippen LogP contribution in [0.15, 0.2) is 66.9 Å². The first-order valence-electron chi connectivity index (χ1n) is 10.6. The summed E-state index contributed by atoms with van der Waals surface area (Å²) in [5.74, 6) is 2.95. The van der Waals surface area contributed by atoms with E-state index in [0.29, 0.717) is 18.1 Å². The number of methoxy groups -OCH3 is 2. The molecular weight excluding hydrogens is 402 g/mol. The fourth-order valence-electron chi connectivity index (χ4n) is 3.55. The summed E-state index contributed by atoms with van der Waals surface area (Å²) in [4.78, 5) is 4.99. The molecule has 0 radical (unpaired) electrons. The summed E-state index contributed by atoms with van der Waals surface area (Å²) in [6.07, 6.45) is 2.00. The third kappa shape index (κ3) is 4.49. The molecule has 0 bridgehead atoms. The Labute approximate surface area is 188 Å². The molecule has 0 saturated carbocycles. The SMILES string of the molecule is COc1ccc(-c2nc3c(OCc4ccccc4)cccn3c2NC(C)(C)C)cc1OC. The lowest BCUT2D eigenvalue weighted by Gasteiger charge is -2.23. The van der Waals surface area contributed by atoms with E-state index >= 15 is 0 Å². The predicted octanol–water partition coefficient (Wildman–Crippen LogP) is 5.81. The van der Waals surface area contributed by atoms with Gasteiger partial charge in [-0.3, -0.25) is 4.40 Å². The maximum atomic E-state index is 6.17. The van der Waals surface area contributed by atoms with Gasteiger partial charge in [0.05, 0.1) is 14.2 Å². The van der Waals surface area contributed by atoms with Gasteiger partial charge in [-0.2, -0.15) is 0 Å². The molecule has 0 amide bonds.